The molecule has 0 heterocycles. The number of aliphatic imine (C=N–C) groups is 1. The third-order valence-corrected chi connectivity index (χ3v) is 7.31. The molecule has 0 aliphatic heterocycles. The zero-order valence-electron chi connectivity index (χ0n) is 18.2. The smallest absolute Gasteiger partial charge is 0.223 e. The number of amides is 1. The number of hydrogen-bond acceptors (Lipinski definition) is 4. The molecule has 1 amide bonds. The highest BCUT2D eigenvalue weighted by molar-refractivity contribution is 14.0. The number of halogens is 1. The fraction of sp³-hybridized carbons (Fsp3) is 0.895. The second-order valence-corrected chi connectivity index (χ2v) is 11.4. The van der Waals surface area contributed by atoms with Crippen molar-refractivity contribution in [2.45, 2.75) is 84.1 Å². The van der Waals surface area contributed by atoms with Gasteiger partial charge in [0, 0.05) is 24.5 Å². The van der Waals surface area contributed by atoms with Crippen LogP contribution < -0.4 is 16.0 Å². The van der Waals surface area contributed by atoms with Crippen molar-refractivity contribution in [2.24, 2.45) is 10.9 Å². The Hall–Kier alpha value is -0.580. The Bertz CT molecular complexity index is 615. The lowest BCUT2D eigenvalue weighted by atomic mass is 9.85. The summed E-state index contributed by atoms with van der Waals surface area (Å²) in [4.78, 5) is 16.7. The van der Waals surface area contributed by atoms with E-state index in [1.54, 1.807) is 20.8 Å². The van der Waals surface area contributed by atoms with Gasteiger partial charge in [-0.05, 0) is 60.8 Å². The topological polar surface area (TPSA) is 99.7 Å². The zero-order chi connectivity index (χ0) is 20.7. The summed E-state index contributed by atoms with van der Waals surface area (Å²) in [7, 11) is -3.19. The molecule has 166 valence electrons. The van der Waals surface area contributed by atoms with Crippen LogP contribution in [0.4, 0.5) is 0 Å². The fourth-order valence-corrected chi connectivity index (χ4v) is 4.00. The van der Waals surface area contributed by atoms with Crippen molar-refractivity contribution in [3.63, 3.8) is 0 Å². The monoisotopic (exact) mass is 530 g/mol. The first-order chi connectivity index (χ1) is 12.5. The van der Waals surface area contributed by atoms with E-state index in [9.17, 15) is 13.2 Å². The van der Waals surface area contributed by atoms with Crippen molar-refractivity contribution in [1.29, 1.82) is 0 Å². The summed E-state index contributed by atoms with van der Waals surface area (Å²) >= 11 is 0. The van der Waals surface area contributed by atoms with Gasteiger partial charge in [-0.25, -0.2) is 8.42 Å². The van der Waals surface area contributed by atoms with Crippen molar-refractivity contribution in [3.8, 4) is 0 Å². The molecule has 2 atom stereocenters. The van der Waals surface area contributed by atoms with E-state index in [2.05, 4.69) is 20.9 Å². The van der Waals surface area contributed by atoms with Gasteiger partial charge in [0.15, 0.2) is 15.8 Å². The van der Waals surface area contributed by atoms with E-state index < -0.39 is 14.6 Å². The van der Waals surface area contributed by atoms with Gasteiger partial charge in [-0.2, -0.15) is 0 Å². The van der Waals surface area contributed by atoms with Gasteiger partial charge in [-0.1, -0.05) is 6.42 Å². The molecule has 0 radical (unpaired) electrons. The van der Waals surface area contributed by atoms with Crippen LogP contribution in [0.1, 0.15) is 67.2 Å². The summed E-state index contributed by atoms with van der Waals surface area (Å²) in [5.74, 6) is 0.783. The highest BCUT2D eigenvalue weighted by Crippen LogP contribution is 2.24. The van der Waals surface area contributed by atoms with E-state index >= 15 is 0 Å². The van der Waals surface area contributed by atoms with Crippen LogP contribution in [0, 0.1) is 5.92 Å². The molecular formula is C19H39IN4O3S. The van der Waals surface area contributed by atoms with Gasteiger partial charge >= 0.3 is 0 Å². The number of nitrogens with zero attached hydrogens (tertiary/aromatic N) is 1. The molecule has 3 N–H and O–H groups in total. The Balaban J connectivity index is 0.00000729. The molecule has 1 aliphatic carbocycles. The molecule has 1 aliphatic rings. The molecule has 28 heavy (non-hydrogen) atoms. The molecule has 0 bridgehead atoms. The van der Waals surface area contributed by atoms with Crippen molar-refractivity contribution >= 4 is 45.7 Å². The summed E-state index contributed by atoms with van der Waals surface area (Å²) in [6.45, 7) is 12.0. The summed E-state index contributed by atoms with van der Waals surface area (Å²) in [6, 6.07) is 0.313. The summed E-state index contributed by atoms with van der Waals surface area (Å²) < 4.78 is 23.7. The lowest BCUT2D eigenvalue weighted by molar-refractivity contribution is -0.126. The predicted molar refractivity (Wildman–Crippen MR) is 127 cm³/mol. The molecule has 1 rings (SSSR count). The number of guanidine groups is 1. The van der Waals surface area contributed by atoms with Gasteiger partial charge in [0.25, 0.3) is 0 Å². The SMILES string of the molecule is CCNC(=NCCS(=O)(=O)C(C)(C)C)NC1CCCC(C(=O)NC(C)C)C1.I. The van der Waals surface area contributed by atoms with Crippen LogP contribution in [0.25, 0.3) is 0 Å². The van der Waals surface area contributed by atoms with E-state index in [1.807, 2.05) is 20.8 Å². The Labute approximate surface area is 188 Å². The first-order valence-electron chi connectivity index (χ1n) is 10.0. The maximum absolute atomic E-state index is 12.3. The second kappa shape index (κ2) is 12.2. The predicted octanol–water partition coefficient (Wildman–Crippen LogP) is 2.46. The van der Waals surface area contributed by atoms with Crippen molar-refractivity contribution in [2.75, 3.05) is 18.8 Å². The zero-order valence-corrected chi connectivity index (χ0v) is 21.3. The molecule has 0 aromatic rings. The van der Waals surface area contributed by atoms with Gasteiger partial charge in [-0.3, -0.25) is 9.79 Å². The summed E-state index contributed by atoms with van der Waals surface area (Å²) in [5, 5.41) is 9.56. The maximum Gasteiger partial charge on any atom is 0.223 e. The minimum Gasteiger partial charge on any atom is -0.357 e. The number of carbonyl (C=O) groups is 1. The van der Waals surface area contributed by atoms with Crippen molar-refractivity contribution in [1.82, 2.24) is 16.0 Å². The van der Waals surface area contributed by atoms with E-state index in [4.69, 9.17) is 0 Å². The summed E-state index contributed by atoms with van der Waals surface area (Å²) in [6.07, 6.45) is 3.65. The highest BCUT2D eigenvalue weighted by Gasteiger charge is 2.29. The molecule has 1 saturated carbocycles. The average Bonchev–Trinajstić information content (AvgIpc) is 2.53. The standard InChI is InChI=1S/C19H38N4O3S.HI/c1-7-20-18(21-11-12-27(25,26)19(4,5)6)23-16-10-8-9-15(13-16)17(24)22-14(2)3;/h14-16H,7-13H2,1-6H3,(H,22,24)(H2,20,21,23);1H. The van der Waals surface area contributed by atoms with Crippen molar-refractivity contribution in [3.05, 3.63) is 0 Å². The third kappa shape index (κ3) is 9.28. The van der Waals surface area contributed by atoms with Crippen LogP contribution in [0.15, 0.2) is 4.99 Å². The number of hydrogen-bond donors (Lipinski definition) is 3. The first-order valence-corrected chi connectivity index (χ1v) is 11.7. The minimum atomic E-state index is -3.19. The van der Waals surface area contributed by atoms with E-state index in [0.29, 0.717) is 12.5 Å². The first kappa shape index (κ1) is 27.4. The number of carbonyl (C=O) groups excluding carboxylic acids is 1. The molecular weight excluding hydrogens is 491 g/mol. The second-order valence-electron chi connectivity index (χ2n) is 8.56. The molecule has 7 nitrogen and oxygen atoms in total. The number of nitrogens with one attached hydrogen (secondary N) is 3. The average molecular weight is 531 g/mol. The Morgan fingerprint density at radius 2 is 1.86 bits per heavy atom. The molecule has 0 aromatic heterocycles. The van der Waals surface area contributed by atoms with Gasteiger partial charge < -0.3 is 16.0 Å². The van der Waals surface area contributed by atoms with Gasteiger partial charge in [0.1, 0.15) is 0 Å². The molecule has 0 spiro atoms. The van der Waals surface area contributed by atoms with E-state index in [0.717, 1.165) is 25.7 Å². The van der Waals surface area contributed by atoms with E-state index in [1.165, 1.54) is 0 Å². The molecule has 0 aromatic carbocycles. The lowest BCUT2D eigenvalue weighted by Gasteiger charge is -2.30. The molecule has 9 heteroatoms. The number of rotatable bonds is 7. The minimum absolute atomic E-state index is 0. The lowest BCUT2D eigenvalue weighted by Crippen LogP contribution is -2.47. The Morgan fingerprint density at radius 1 is 1.21 bits per heavy atom. The molecule has 1 fully saturated rings. The van der Waals surface area contributed by atoms with E-state index in [-0.39, 0.29) is 60.2 Å². The quantitative estimate of drug-likeness (QED) is 0.267. The normalized spacial score (nSPS) is 21.0. The van der Waals surface area contributed by atoms with Crippen LogP contribution in [0.5, 0.6) is 0 Å². The van der Waals surface area contributed by atoms with Crippen LogP contribution in [0.2, 0.25) is 0 Å². The summed E-state index contributed by atoms with van der Waals surface area (Å²) in [5.41, 5.74) is 0. The van der Waals surface area contributed by atoms with Gasteiger partial charge in [-0.15, -0.1) is 24.0 Å². The maximum atomic E-state index is 12.3. The van der Waals surface area contributed by atoms with Gasteiger partial charge in [0.2, 0.25) is 5.91 Å². The van der Waals surface area contributed by atoms with Crippen LogP contribution in [0.3, 0.4) is 0 Å². The Morgan fingerprint density at radius 3 is 2.39 bits per heavy atom. The molecule has 0 saturated heterocycles. The highest BCUT2D eigenvalue weighted by atomic mass is 127. The number of sulfone groups is 1. The molecule has 2 unspecified atom stereocenters. The van der Waals surface area contributed by atoms with Gasteiger partial charge in [0.05, 0.1) is 17.0 Å². The fourth-order valence-electron chi connectivity index (χ4n) is 3.06. The van der Waals surface area contributed by atoms with Crippen molar-refractivity contribution < 1.29 is 13.2 Å². The van der Waals surface area contributed by atoms with Crippen LogP contribution >= 0.6 is 24.0 Å². The van der Waals surface area contributed by atoms with Crippen LogP contribution in [-0.2, 0) is 14.6 Å². The van der Waals surface area contributed by atoms with Crippen LogP contribution in [-0.4, -0.2) is 56.0 Å². The third-order valence-electron chi connectivity index (χ3n) is 4.72. The largest absolute Gasteiger partial charge is 0.357 e. The Kier molecular flexibility index (Phi) is 11.9.